The molecule has 8 heteroatoms. The Morgan fingerprint density at radius 3 is 2.67 bits per heavy atom. The summed E-state index contributed by atoms with van der Waals surface area (Å²) >= 11 is 1.32. The minimum atomic E-state index is -0.462. The van der Waals surface area contributed by atoms with E-state index in [1.165, 1.54) is 23.5 Å². The van der Waals surface area contributed by atoms with Crippen molar-refractivity contribution < 1.29 is 14.5 Å². The van der Waals surface area contributed by atoms with Gasteiger partial charge in [-0.25, -0.2) is 9.78 Å². The van der Waals surface area contributed by atoms with Gasteiger partial charge < -0.3 is 10.1 Å². The summed E-state index contributed by atoms with van der Waals surface area (Å²) in [6, 6.07) is 5.96. The van der Waals surface area contributed by atoms with Gasteiger partial charge in [0.25, 0.3) is 5.69 Å². The minimum absolute atomic E-state index is 0.0167. The van der Waals surface area contributed by atoms with E-state index < -0.39 is 10.9 Å². The molecular formula is C13H13N3O4S. The third-order valence-electron chi connectivity index (χ3n) is 2.59. The van der Waals surface area contributed by atoms with Crippen LogP contribution in [0.25, 0.3) is 0 Å². The lowest BCUT2D eigenvalue weighted by molar-refractivity contribution is -0.384. The zero-order chi connectivity index (χ0) is 15.4. The second-order valence-corrected chi connectivity index (χ2v) is 5.28. The van der Waals surface area contributed by atoms with Gasteiger partial charge in [-0.1, -0.05) is 0 Å². The van der Waals surface area contributed by atoms with Crippen molar-refractivity contribution in [2.45, 2.75) is 13.8 Å². The number of thiazole rings is 1. The van der Waals surface area contributed by atoms with Gasteiger partial charge in [-0.05, 0) is 26.0 Å². The smallest absolute Gasteiger partial charge is 0.358 e. The summed E-state index contributed by atoms with van der Waals surface area (Å²) in [7, 11) is 0. The third kappa shape index (κ3) is 3.54. The first kappa shape index (κ1) is 14.9. The Labute approximate surface area is 124 Å². The van der Waals surface area contributed by atoms with Crippen LogP contribution in [0.4, 0.5) is 16.5 Å². The molecule has 1 heterocycles. The van der Waals surface area contributed by atoms with Gasteiger partial charge in [0, 0.05) is 22.7 Å². The number of nitrogens with zero attached hydrogens (tertiary/aromatic N) is 2. The van der Waals surface area contributed by atoms with E-state index in [0.717, 1.165) is 4.88 Å². The summed E-state index contributed by atoms with van der Waals surface area (Å²) in [6.45, 7) is 3.81. The number of hydrogen-bond donors (Lipinski definition) is 1. The maximum absolute atomic E-state index is 11.7. The fourth-order valence-corrected chi connectivity index (χ4v) is 2.45. The SMILES string of the molecule is CCOC(=O)c1nc(Nc2ccc([N+](=O)[O-])cc2)sc1C. The molecule has 0 unspecified atom stereocenters. The summed E-state index contributed by atoms with van der Waals surface area (Å²) < 4.78 is 4.92. The van der Waals surface area contributed by atoms with Crippen molar-refractivity contribution >= 4 is 33.8 Å². The number of hydrogen-bond acceptors (Lipinski definition) is 7. The van der Waals surface area contributed by atoms with Crippen molar-refractivity contribution in [3.63, 3.8) is 0 Å². The average Bonchev–Trinajstić information content (AvgIpc) is 2.80. The highest BCUT2D eigenvalue weighted by Crippen LogP contribution is 2.26. The van der Waals surface area contributed by atoms with Crippen LogP contribution in [-0.2, 0) is 4.74 Å². The van der Waals surface area contributed by atoms with E-state index in [9.17, 15) is 14.9 Å². The van der Waals surface area contributed by atoms with Gasteiger partial charge >= 0.3 is 5.97 Å². The van der Waals surface area contributed by atoms with Crippen LogP contribution in [0.3, 0.4) is 0 Å². The highest BCUT2D eigenvalue weighted by Gasteiger charge is 2.16. The number of nitrogens with one attached hydrogen (secondary N) is 1. The first-order valence-electron chi connectivity index (χ1n) is 6.17. The number of rotatable bonds is 5. The minimum Gasteiger partial charge on any atom is -0.461 e. The molecule has 2 aromatic rings. The predicted octanol–water partition coefficient (Wildman–Crippen LogP) is 3.28. The number of nitro groups is 1. The lowest BCUT2D eigenvalue weighted by Crippen LogP contribution is -2.06. The van der Waals surface area contributed by atoms with E-state index in [1.54, 1.807) is 26.0 Å². The van der Waals surface area contributed by atoms with Crippen molar-refractivity contribution in [1.82, 2.24) is 4.98 Å². The lowest BCUT2D eigenvalue weighted by Gasteiger charge is -2.01. The monoisotopic (exact) mass is 307 g/mol. The van der Waals surface area contributed by atoms with Crippen molar-refractivity contribution in [3.05, 3.63) is 45.0 Å². The fraction of sp³-hybridized carbons (Fsp3) is 0.231. The van der Waals surface area contributed by atoms with Crippen LogP contribution in [0, 0.1) is 17.0 Å². The molecule has 0 amide bonds. The van der Waals surface area contributed by atoms with Gasteiger partial charge in [0.15, 0.2) is 10.8 Å². The van der Waals surface area contributed by atoms with Gasteiger partial charge in [0.05, 0.1) is 11.5 Å². The van der Waals surface area contributed by atoms with Crippen LogP contribution in [0.15, 0.2) is 24.3 Å². The van der Waals surface area contributed by atoms with Gasteiger partial charge in [-0.3, -0.25) is 10.1 Å². The summed E-state index contributed by atoms with van der Waals surface area (Å²) in [5.74, 6) is -0.456. The number of anilines is 2. The summed E-state index contributed by atoms with van der Waals surface area (Å²) in [6.07, 6.45) is 0. The maximum Gasteiger partial charge on any atom is 0.358 e. The number of aromatic nitrogens is 1. The largest absolute Gasteiger partial charge is 0.461 e. The van der Waals surface area contributed by atoms with E-state index in [1.807, 2.05) is 0 Å². The Morgan fingerprint density at radius 2 is 2.10 bits per heavy atom. The van der Waals surface area contributed by atoms with Crippen molar-refractivity contribution in [1.29, 1.82) is 0 Å². The zero-order valence-corrected chi connectivity index (χ0v) is 12.3. The van der Waals surface area contributed by atoms with Crippen LogP contribution < -0.4 is 5.32 Å². The van der Waals surface area contributed by atoms with E-state index >= 15 is 0 Å². The Kier molecular flexibility index (Phi) is 4.49. The molecule has 0 aliphatic carbocycles. The highest BCUT2D eigenvalue weighted by atomic mass is 32.1. The maximum atomic E-state index is 11.7. The molecule has 2 rings (SSSR count). The van der Waals surface area contributed by atoms with Gasteiger partial charge in [-0.2, -0.15) is 0 Å². The fourth-order valence-electron chi connectivity index (χ4n) is 1.63. The van der Waals surface area contributed by atoms with Crippen LogP contribution >= 0.6 is 11.3 Å². The molecular weight excluding hydrogens is 294 g/mol. The normalized spacial score (nSPS) is 10.2. The molecule has 110 valence electrons. The molecule has 21 heavy (non-hydrogen) atoms. The second kappa shape index (κ2) is 6.31. The molecule has 0 aliphatic heterocycles. The van der Waals surface area contributed by atoms with Gasteiger partial charge in [0.1, 0.15) is 0 Å². The van der Waals surface area contributed by atoms with Crippen molar-refractivity contribution in [2.24, 2.45) is 0 Å². The second-order valence-electron chi connectivity index (χ2n) is 4.07. The molecule has 0 saturated heterocycles. The number of carbonyl (C=O) groups is 1. The van der Waals surface area contributed by atoms with Gasteiger partial charge in [-0.15, -0.1) is 11.3 Å². The van der Waals surface area contributed by atoms with E-state index in [0.29, 0.717) is 17.4 Å². The summed E-state index contributed by atoms with van der Waals surface area (Å²) in [4.78, 5) is 26.7. The summed E-state index contributed by atoms with van der Waals surface area (Å²) in [5.41, 5.74) is 0.958. The number of esters is 1. The molecule has 0 fully saturated rings. The Balaban J connectivity index is 2.14. The molecule has 0 atom stereocenters. The topological polar surface area (TPSA) is 94.4 Å². The van der Waals surface area contributed by atoms with Gasteiger partial charge in [0.2, 0.25) is 0 Å². The molecule has 0 bridgehead atoms. The number of nitro benzene ring substituents is 1. The zero-order valence-electron chi connectivity index (χ0n) is 11.5. The average molecular weight is 307 g/mol. The standard InChI is InChI=1S/C13H13N3O4S/c1-3-20-12(17)11-8(2)21-13(15-11)14-9-4-6-10(7-5-9)16(18)19/h4-7H,3H2,1-2H3,(H,14,15). The Bertz CT molecular complexity index is 667. The first-order valence-corrected chi connectivity index (χ1v) is 6.99. The summed E-state index contributed by atoms with van der Waals surface area (Å²) in [5, 5.41) is 14.1. The van der Waals surface area contributed by atoms with Crippen LogP contribution in [0.2, 0.25) is 0 Å². The number of carbonyl (C=O) groups excluding carboxylic acids is 1. The molecule has 0 radical (unpaired) electrons. The molecule has 1 N–H and O–H groups in total. The lowest BCUT2D eigenvalue weighted by atomic mass is 10.3. The number of benzene rings is 1. The number of non-ortho nitro benzene ring substituents is 1. The quantitative estimate of drug-likeness (QED) is 0.517. The predicted molar refractivity (Wildman–Crippen MR) is 79.2 cm³/mol. The molecule has 0 aliphatic rings. The van der Waals surface area contributed by atoms with Crippen LogP contribution in [0.1, 0.15) is 22.3 Å². The highest BCUT2D eigenvalue weighted by molar-refractivity contribution is 7.15. The van der Waals surface area contributed by atoms with Crippen LogP contribution in [0.5, 0.6) is 0 Å². The van der Waals surface area contributed by atoms with E-state index in [4.69, 9.17) is 4.74 Å². The van der Waals surface area contributed by atoms with E-state index in [-0.39, 0.29) is 11.4 Å². The molecule has 1 aromatic carbocycles. The molecule has 0 saturated carbocycles. The Morgan fingerprint density at radius 1 is 1.43 bits per heavy atom. The first-order chi connectivity index (χ1) is 10.0. The van der Waals surface area contributed by atoms with Crippen molar-refractivity contribution in [2.75, 3.05) is 11.9 Å². The van der Waals surface area contributed by atoms with Crippen molar-refractivity contribution in [3.8, 4) is 0 Å². The van der Waals surface area contributed by atoms with E-state index in [2.05, 4.69) is 10.3 Å². The third-order valence-corrected chi connectivity index (χ3v) is 3.48. The number of ether oxygens (including phenoxy) is 1. The Hall–Kier alpha value is -2.48. The number of aryl methyl sites for hydroxylation is 1. The van der Waals surface area contributed by atoms with Crippen LogP contribution in [-0.4, -0.2) is 22.5 Å². The molecule has 0 spiro atoms. The molecule has 7 nitrogen and oxygen atoms in total. The molecule has 1 aromatic heterocycles.